The van der Waals surface area contributed by atoms with Gasteiger partial charge in [-0.2, -0.15) is 10.2 Å². The SMILES string of the molecule is Cc1cc(C)n(Cc2ccc(C(=O)Nc3ccn(Cc4c(F)cccc4Cl)n3)cc2)n1. The Labute approximate surface area is 184 Å². The van der Waals surface area contributed by atoms with Gasteiger partial charge in [0.05, 0.1) is 18.8 Å². The maximum atomic E-state index is 14.0. The van der Waals surface area contributed by atoms with Crippen molar-refractivity contribution in [2.24, 2.45) is 0 Å². The molecule has 8 heteroatoms. The molecule has 0 aliphatic carbocycles. The number of hydrogen-bond acceptors (Lipinski definition) is 3. The van der Waals surface area contributed by atoms with Crippen molar-refractivity contribution < 1.29 is 9.18 Å². The van der Waals surface area contributed by atoms with Crippen LogP contribution in [0, 0.1) is 19.7 Å². The molecule has 2 heterocycles. The van der Waals surface area contributed by atoms with E-state index in [1.54, 1.807) is 36.5 Å². The van der Waals surface area contributed by atoms with Gasteiger partial charge in [-0.25, -0.2) is 4.39 Å². The molecule has 1 amide bonds. The maximum absolute atomic E-state index is 14.0. The van der Waals surface area contributed by atoms with Gasteiger partial charge in [0.1, 0.15) is 5.82 Å². The zero-order valence-electron chi connectivity index (χ0n) is 17.1. The number of nitrogens with one attached hydrogen (secondary N) is 1. The molecular weight excluding hydrogens is 417 g/mol. The molecule has 2 aromatic heterocycles. The number of carbonyl (C=O) groups is 1. The van der Waals surface area contributed by atoms with Gasteiger partial charge in [0.2, 0.25) is 0 Å². The van der Waals surface area contributed by atoms with Crippen molar-refractivity contribution in [2.45, 2.75) is 26.9 Å². The van der Waals surface area contributed by atoms with E-state index in [2.05, 4.69) is 15.5 Å². The monoisotopic (exact) mass is 437 g/mol. The number of amides is 1. The first-order valence-electron chi connectivity index (χ1n) is 9.77. The van der Waals surface area contributed by atoms with Gasteiger partial charge in [0, 0.05) is 34.1 Å². The predicted octanol–water partition coefficient (Wildman–Crippen LogP) is 4.84. The van der Waals surface area contributed by atoms with Crippen molar-refractivity contribution in [1.82, 2.24) is 19.6 Å². The molecule has 0 saturated heterocycles. The molecule has 0 aliphatic heterocycles. The van der Waals surface area contributed by atoms with Crippen LogP contribution in [0.5, 0.6) is 0 Å². The van der Waals surface area contributed by atoms with Gasteiger partial charge in [-0.05, 0) is 49.7 Å². The van der Waals surface area contributed by atoms with Gasteiger partial charge < -0.3 is 5.32 Å². The van der Waals surface area contributed by atoms with Crippen molar-refractivity contribution in [2.75, 3.05) is 5.32 Å². The third-order valence-electron chi connectivity index (χ3n) is 4.92. The van der Waals surface area contributed by atoms with Crippen LogP contribution in [-0.4, -0.2) is 25.5 Å². The highest BCUT2D eigenvalue weighted by Gasteiger charge is 2.11. The summed E-state index contributed by atoms with van der Waals surface area (Å²) < 4.78 is 17.4. The van der Waals surface area contributed by atoms with Gasteiger partial charge in [-0.3, -0.25) is 14.2 Å². The summed E-state index contributed by atoms with van der Waals surface area (Å²) in [5, 5.41) is 11.8. The molecule has 0 spiro atoms. The summed E-state index contributed by atoms with van der Waals surface area (Å²) in [6.07, 6.45) is 1.66. The van der Waals surface area contributed by atoms with Crippen LogP contribution in [0.1, 0.15) is 32.9 Å². The molecule has 6 nitrogen and oxygen atoms in total. The van der Waals surface area contributed by atoms with E-state index in [0.717, 1.165) is 17.0 Å². The van der Waals surface area contributed by atoms with E-state index in [-0.39, 0.29) is 12.5 Å². The highest BCUT2D eigenvalue weighted by Crippen LogP contribution is 2.20. The molecule has 0 fully saturated rings. The fourth-order valence-electron chi connectivity index (χ4n) is 3.32. The molecule has 2 aromatic carbocycles. The summed E-state index contributed by atoms with van der Waals surface area (Å²) in [7, 11) is 0. The molecule has 1 N–H and O–H groups in total. The molecular formula is C23H21ClFN5O. The summed E-state index contributed by atoms with van der Waals surface area (Å²) in [5.41, 5.74) is 3.98. The van der Waals surface area contributed by atoms with E-state index >= 15 is 0 Å². The molecule has 4 rings (SSSR count). The quantitative estimate of drug-likeness (QED) is 0.469. The number of carbonyl (C=O) groups excluding carboxylic acids is 1. The van der Waals surface area contributed by atoms with Crippen molar-refractivity contribution in [3.8, 4) is 0 Å². The largest absolute Gasteiger partial charge is 0.305 e. The molecule has 0 saturated carbocycles. The Kier molecular flexibility index (Phi) is 5.86. The first kappa shape index (κ1) is 20.8. The number of aryl methyl sites for hydroxylation is 2. The van der Waals surface area contributed by atoms with Crippen LogP contribution in [0.15, 0.2) is 60.8 Å². The average Bonchev–Trinajstić information content (AvgIpc) is 3.30. The Morgan fingerprint density at radius 3 is 2.52 bits per heavy atom. The van der Waals surface area contributed by atoms with Crippen LogP contribution in [0.2, 0.25) is 5.02 Å². The maximum Gasteiger partial charge on any atom is 0.256 e. The van der Waals surface area contributed by atoms with Crippen LogP contribution < -0.4 is 5.32 Å². The van der Waals surface area contributed by atoms with Crippen molar-refractivity contribution in [3.05, 3.63) is 99.7 Å². The molecule has 4 aromatic rings. The number of hydrogen-bond donors (Lipinski definition) is 1. The Bertz CT molecular complexity index is 1210. The second kappa shape index (κ2) is 8.73. The summed E-state index contributed by atoms with van der Waals surface area (Å²) in [6, 6.07) is 15.6. The lowest BCUT2D eigenvalue weighted by atomic mass is 10.1. The summed E-state index contributed by atoms with van der Waals surface area (Å²) in [4.78, 5) is 12.6. The van der Waals surface area contributed by atoms with E-state index in [4.69, 9.17) is 11.6 Å². The molecule has 158 valence electrons. The van der Waals surface area contributed by atoms with Crippen LogP contribution in [0.4, 0.5) is 10.2 Å². The van der Waals surface area contributed by atoms with Crippen LogP contribution in [0.25, 0.3) is 0 Å². The second-order valence-electron chi connectivity index (χ2n) is 7.33. The lowest BCUT2D eigenvalue weighted by molar-refractivity contribution is 0.102. The van der Waals surface area contributed by atoms with Gasteiger partial charge in [0.15, 0.2) is 5.82 Å². The van der Waals surface area contributed by atoms with Crippen LogP contribution >= 0.6 is 11.6 Å². The molecule has 0 aliphatic rings. The minimum Gasteiger partial charge on any atom is -0.305 e. The van der Waals surface area contributed by atoms with E-state index in [1.165, 1.54) is 10.7 Å². The van der Waals surface area contributed by atoms with Gasteiger partial charge in [-0.1, -0.05) is 29.8 Å². The van der Waals surface area contributed by atoms with Gasteiger partial charge in [-0.15, -0.1) is 0 Å². The molecule has 0 atom stereocenters. The smallest absolute Gasteiger partial charge is 0.256 e. The topological polar surface area (TPSA) is 64.7 Å². The Morgan fingerprint density at radius 2 is 1.84 bits per heavy atom. The second-order valence-corrected chi connectivity index (χ2v) is 7.74. The highest BCUT2D eigenvalue weighted by atomic mass is 35.5. The zero-order chi connectivity index (χ0) is 22.0. The van der Waals surface area contributed by atoms with E-state index in [1.807, 2.05) is 36.7 Å². The molecule has 0 unspecified atom stereocenters. The first-order chi connectivity index (χ1) is 14.9. The zero-order valence-corrected chi connectivity index (χ0v) is 17.9. The fraction of sp³-hybridized carbons (Fsp3) is 0.174. The van der Waals surface area contributed by atoms with Crippen LogP contribution in [0.3, 0.4) is 0 Å². The van der Waals surface area contributed by atoms with Gasteiger partial charge >= 0.3 is 0 Å². The third kappa shape index (κ3) is 4.83. The predicted molar refractivity (Wildman–Crippen MR) is 118 cm³/mol. The number of benzene rings is 2. The standard InChI is InChI=1S/C23H21ClFN5O/c1-15-12-16(2)30(27-15)13-17-6-8-18(9-7-17)23(31)26-22-10-11-29(28-22)14-19-20(24)4-3-5-21(19)25/h3-12H,13-14H2,1-2H3,(H,26,28,31). The number of halogens is 2. The third-order valence-corrected chi connectivity index (χ3v) is 5.27. The van der Waals surface area contributed by atoms with Crippen molar-refractivity contribution >= 4 is 23.3 Å². The Balaban J connectivity index is 1.40. The molecule has 0 radical (unpaired) electrons. The first-order valence-corrected chi connectivity index (χ1v) is 10.1. The van der Waals surface area contributed by atoms with E-state index in [9.17, 15) is 9.18 Å². The van der Waals surface area contributed by atoms with Crippen LogP contribution in [-0.2, 0) is 13.1 Å². The van der Waals surface area contributed by atoms with Gasteiger partial charge in [0.25, 0.3) is 5.91 Å². The normalized spacial score (nSPS) is 11.0. The van der Waals surface area contributed by atoms with Crippen molar-refractivity contribution in [3.63, 3.8) is 0 Å². The van der Waals surface area contributed by atoms with E-state index < -0.39 is 5.82 Å². The lowest BCUT2D eigenvalue weighted by Crippen LogP contribution is -2.13. The fourth-order valence-corrected chi connectivity index (χ4v) is 3.54. The number of nitrogens with zero attached hydrogens (tertiary/aromatic N) is 4. The molecule has 0 bridgehead atoms. The van der Waals surface area contributed by atoms with E-state index in [0.29, 0.717) is 28.5 Å². The average molecular weight is 438 g/mol. The number of anilines is 1. The minimum absolute atomic E-state index is 0.169. The van der Waals surface area contributed by atoms with Crippen molar-refractivity contribution in [1.29, 1.82) is 0 Å². The lowest BCUT2D eigenvalue weighted by Gasteiger charge is -2.07. The summed E-state index contributed by atoms with van der Waals surface area (Å²) >= 11 is 6.07. The Morgan fingerprint density at radius 1 is 1.06 bits per heavy atom. The Hall–Kier alpha value is -3.45. The molecule has 31 heavy (non-hydrogen) atoms. The summed E-state index contributed by atoms with van der Waals surface area (Å²) in [6.45, 7) is 4.79. The highest BCUT2D eigenvalue weighted by molar-refractivity contribution is 6.31. The number of aromatic nitrogens is 4. The summed E-state index contributed by atoms with van der Waals surface area (Å²) in [5.74, 6) is -0.287. The number of rotatable bonds is 6. The minimum atomic E-state index is -0.394.